The lowest BCUT2D eigenvalue weighted by molar-refractivity contribution is -0.131. The monoisotopic (exact) mass is 453 g/mol. The largest absolute Gasteiger partial charge is 0.449 e. The molecule has 2 heterocycles. The van der Waals surface area contributed by atoms with Crippen molar-refractivity contribution in [2.75, 3.05) is 42.5 Å². The highest BCUT2D eigenvalue weighted by atomic mass is 16.5. The minimum absolute atomic E-state index is 0.0182. The summed E-state index contributed by atoms with van der Waals surface area (Å²) < 4.78 is 5.95. The maximum Gasteiger partial charge on any atom is 0.294 e. The Morgan fingerprint density at radius 2 is 1.65 bits per heavy atom. The first-order valence-electron chi connectivity index (χ1n) is 11.5. The van der Waals surface area contributed by atoms with Crippen LogP contribution >= 0.6 is 0 Å². The van der Waals surface area contributed by atoms with Crippen LogP contribution in [-0.2, 0) is 9.59 Å². The van der Waals surface area contributed by atoms with E-state index < -0.39 is 0 Å². The molecule has 3 aromatic carbocycles. The second-order valence-corrected chi connectivity index (χ2v) is 8.59. The first kappa shape index (κ1) is 21.8. The van der Waals surface area contributed by atoms with Crippen molar-refractivity contribution in [2.24, 2.45) is 0 Å². The Morgan fingerprint density at radius 3 is 2.41 bits per heavy atom. The molecule has 5 rings (SSSR count). The van der Waals surface area contributed by atoms with Gasteiger partial charge in [-0.25, -0.2) is 0 Å². The molecule has 2 aliphatic rings. The van der Waals surface area contributed by atoms with Gasteiger partial charge in [0, 0.05) is 31.9 Å². The zero-order chi connectivity index (χ0) is 23.5. The Bertz CT molecular complexity index is 1230. The quantitative estimate of drug-likeness (QED) is 0.558. The zero-order valence-electron chi connectivity index (χ0n) is 19.2. The fraction of sp³-hybridized carbons (Fsp3) is 0.214. The van der Waals surface area contributed by atoms with E-state index in [-0.39, 0.29) is 24.1 Å². The molecule has 6 nitrogen and oxygen atoms in total. The number of carbonyl (C=O) groups excluding carboxylic acids is 2. The number of hydrogen-bond donors (Lipinski definition) is 0. The molecule has 0 saturated carbocycles. The number of anilines is 2. The van der Waals surface area contributed by atoms with E-state index in [1.165, 1.54) is 4.90 Å². The molecule has 172 valence electrons. The van der Waals surface area contributed by atoms with Crippen molar-refractivity contribution in [2.45, 2.75) is 6.92 Å². The van der Waals surface area contributed by atoms with Gasteiger partial charge in [0.25, 0.3) is 5.91 Å². The normalized spacial score (nSPS) is 16.9. The molecule has 3 aromatic rings. The molecule has 1 saturated heterocycles. The third-order valence-corrected chi connectivity index (χ3v) is 6.22. The van der Waals surface area contributed by atoms with Crippen LogP contribution < -0.4 is 14.5 Å². The van der Waals surface area contributed by atoms with Gasteiger partial charge in [0.15, 0.2) is 11.5 Å². The first-order chi connectivity index (χ1) is 16.6. The van der Waals surface area contributed by atoms with Crippen molar-refractivity contribution >= 4 is 29.3 Å². The van der Waals surface area contributed by atoms with Gasteiger partial charge in [0.05, 0.1) is 5.69 Å². The van der Waals surface area contributed by atoms with E-state index in [1.807, 2.05) is 78.6 Å². The summed E-state index contributed by atoms with van der Waals surface area (Å²) in [7, 11) is 0. The summed E-state index contributed by atoms with van der Waals surface area (Å²) in [5.41, 5.74) is 3.76. The molecule has 0 atom stereocenters. The van der Waals surface area contributed by atoms with Crippen LogP contribution in [0.3, 0.4) is 0 Å². The van der Waals surface area contributed by atoms with Gasteiger partial charge < -0.3 is 14.5 Å². The van der Waals surface area contributed by atoms with Crippen LogP contribution in [0.25, 0.3) is 6.08 Å². The highest BCUT2D eigenvalue weighted by Crippen LogP contribution is 2.35. The summed E-state index contributed by atoms with van der Waals surface area (Å²) in [4.78, 5) is 32.3. The third kappa shape index (κ3) is 4.53. The number of amides is 2. The maximum absolute atomic E-state index is 13.4. The summed E-state index contributed by atoms with van der Waals surface area (Å²) in [6, 6.07) is 25.4. The molecule has 0 unspecified atom stereocenters. The summed E-state index contributed by atoms with van der Waals surface area (Å²) >= 11 is 0. The molecule has 0 N–H and O–H groups in total. The average Bonchev–Trinajstić information content (AvgIpc) is 2.87. The number of benzene rings is 3. The Hall–Kier alpha value is -4.06. The van der Waals surface area contributed by atoms with Gasteiger partial charge in [-0.15, -0.1) is 0 Å². The van der Waals surface area contributed by atoms with Crippen LogP contribution in [0, 0.1) is 6.92 Å². The fourth-order valence-electron chi connectivity index (χ4n) is 4.42. The minimum Gasteiger partial charge on any atom is -0.449 e. The predicted octanol–water partition coefficient (Wildman–Crippen LogP) is 4.11. The van der Waals surface area contributed by atoms with Gasteiger partial charge in [0.1, 0.15) is 6.54 Å². The van der Waals surface area contributed by atoms with Gasteiger partial charge >= 0.3 is 0 Å². The van der Waals surface area contributed by atoms with Crippen LogP contribution in [-0.4, -0.2) is 49.4 Å². The number of para-hydroxylation sites is 3. The smallest absolute Gasteiger partial charge is 0.294 e. The molecule has 0 aromatic heterocycles. The maximum atomic E-state index is 13.4. The number of hydrogen-bond acceptors (Lipinski definition) is 4. The van der Waals surface area contributed by atoms with E-state index in [4.69, 9.17) is 4.74 Å². The Balaban J connectivity index is 1.33. The van der Waals surface area contributed by atoms with E-state index in [0.717, 1.165) is 29.9 Å². The molecule has 1 fully saturated rings. The van der Waals surface area contributed by atoms with Crippen LogP contribution in [0.2, 0.25) is 0 Å². The number of carbonyl (C=O) groups is 2. The van der Waals surface area contributed by atoms with Crippen molar-refractivity contribution in [1.82, 2.24) is 4.90 Å². The predicted molar refractivity (Wildman–Crippen MR) is 134 cm³/mol. The topological polar surface area (TPSA) is 53.1 Å². The van der Waals surface area contributed by atoms with Gasteiger partial charge in [-0.3, -0.25) is 14.5 Å². The molecular weight excluding hydrogens is 426 g/mol. The van der Waals surface area contributed by atoms with Gasteiger partial charge in [0.2, 0.25) is 5.91 Å². The molecule has 6 heteroatoms. The summed E-state index contributed by atoms with van der Waals surface area (Å²) in [5.74, 6) is 0.415. The van der Waals surface area contributed by atoms with Crippen molar-refractivity contribution < 1.29 is 14.3 Å². The second-order valence-electron chi connectivity index (χ2n) is 8.59. The molecule has 0 aliphatic carbocycles. The highest BCUT2D eigenvalue weighted by molar-refractivity contribution is 6.12. The molecule has 2 amide bonds. The number of piperazine rings is 1. The van der Waals surface area contributed by atoms with Crippen LogP contribution in [0.5, 0.6) is 5.75 Å². The number of rotatable bonds is 4. The van der Waals surface area contributed by atoms with Crippen LogP contribution in [0.4, 0.5) is 11.4 Å². The molecular formula is C28H27N3O3. The first-order valence-corrected chi connectivity index (χ1v) is 11.5. The lowest BCUT2D eigenvalue weighted by Gasteiger charge is -2.37. The summed E-state index contributed by atoms with van der Waals surface area (Å²) in [5, 5.41) is 0. The van der Waals surface area contributed by atoms with Gasteiger partial charge in [-0.1, -0.05) is 60.2 Å². The second kappa shape index (κ2) is 9.43. The summed E-state index contributed by atoms with van der Waals surface area (Å²) in [6.07, 6.45) is 1.74. The number of nitrogens with zero attached hydrogens (tertiary/aromatic N) is 3. The lowest BCUT2D eigenvalue weighted by Crippen LogP contribution is -2.52. The van der Waals surface area contributed by atoms with E-state index in [2.05, 4.69) is 17.0 Å². The molecule has 0 bridgehead atoms. The standard InChI is InChI=1S/C28H27N3O3/c1-21-8-7-9-22(18-21)19-26-28(33)31(24-12-5-6-13-25(24)34-26)20-27(32)30-16-14-29(15-17-30)23-10-3-2-4-11-23/h2-13,18-19H,14-17,20H2,1H3/b26-19+. The third-order valence-electron chi connectivity index (χ3n) is 6.22. The minimum atomic E-state index is -0.309. The lowest BCUT2D eigenvalue weighted by atomic mass is 10.1. The van der Waals surface area contributed by atoms with E-state index in [9.17, 15) is 9.59 Å². The Morgan fingerprint density at radius 1 is 0.912 bits per heavy atom. The van der Waals surface area contributed by atoms with Crippen molar-refractivity contribution in [3.05, 3.63) is 95.7 Å². The van der Waals surface area contributed by atoms with E-state index >= 15 is 0 Å². The SMILES string of the molecule is Cc1cccc(/C=C2/Oc3ccccc3N(CC(=O)N3CCN(c4ccccc4)CC3)C2=O)c1. The number of fused-ring (bicyclic) bond motifs is 1. The van der Waals surface area contributed by atoms with Gasteiger partial charge in [-0.05, 0) is 42.8 Å². The summed E-state index contributed by atoms with van der Waals surface area (Å²) in [6.45, 7) is 4.77. The average molecular weight is 454 g/mol. The van der Waals surface area contributed by atoms with Crippen molar-refractivity contribution in [3.8, 4) is 5.75 Å². The molecule has 0 radical (unpaired) electrons. The van der Waals surface area contributed by atoms with Crippen molar-refractivity contribution in [3.63, 3.8) is 0 Å². The Kier molecular flexibility index (Phi) is 6.04. The highest BCUT2D eigenvalue weighted by Gasteiger charge is 2.33. The van der Waals surface area contributed by atoms with E-state index in [1.54, 1.807) is 6.08 Å². The molecule has 0 spiro atoms. The van der Waals surface area contributed by atoms with Crippen LogP contribution in [0.15, 0.2) is 84.6 Å². The zero-order valence-corrected chi connectivity index (χ0v) is 19.2. The number of ether oxygens (including phenoxy) is 1. The molecule has 2 aliphatic heterocycles. The van der Waals surface area contributed by atoms with Crippen LogP contribution in [0.1, 0.15) is 11.1 Å². The number of aryl methyl sites for hydroxylation is 1. The van der Waals surface area contributed by atoms with Crippen molar-refractivity contribution in [1.29, 1.82) is 0 Å². The van der Waals surface area contributed by atoms with Gasteiger partial charge in [-0.2, -0.15) is 0 Å². The van der Waals surface area contributed by atoms with E-state index in [0.29, 0.717) is 24.5 Å². The fourth-order valence-corrected chi connectivity index (χ4v) is 4.42. The Labute approximate surface area is 199 Å². The molecule has 34 heavy (non-hydrogen) atoms.